The minimum absolute atomic E-state index is 0.133. The van der Waals surface area contributed by atoms with E-state index >= 15 is 0 Å². The van der Waals surface area contributed by atoms with E-state index in [-0.39, 0.29) is 23.6 Å². The van der Waals surface area contributed by atoms with E-state index in [1.54, 1.807) is 45.0 Å². The van der Waals surface area contributed by atoms with Gasteiger partial charge in [0.05, 0.1) is 6.07 Å². The Balaban J connectivity index is 1.48. The van der Waals surface area contributed by atoms with E-state index < -0.39 is 17.2 Å². The number of ether oxygens (including phenoxy) is 1. The number of nitrogens with zero attached hydrogens (tertiary/aromatic N) is 2. The Bertz CT molecular complexity index is 1430. The van der Waals surface area contributed by atoms with Crippen LogP contribution in [0.1, 0.15) is 71.0 Å². The van der Waals surface area contributed by atoms with E-state index in [0.717, 1.165) is 24.8 Å². The van der Waals surface area contributed by atoms with E-state index in [1.165, 1.54) is 12.1 Å². The molecule has 8 nitrogen and oxygen atoms in total. The smallest absolute Gasteiger partial charge is 0.412 e. The number of nitriles is 1. The number of amides is 2. The molecule has 2 saturated carbocycles. The SMILES string of the molecule is CC(C)(C)OC(=O)Nc1ccc(-c2nc(-c3ccc(F)cc3)oc2[C@@H]2CCCC[C@H]2C(=O)NC2(C#N)CC2)cc1. The molecule has 0 radical (unpaired) electrons. The van der Waals surface area contributed by atoms with Crippen LogP contribution in [0.2, 0.25) is 0 Å². The molecular formula is C31H33FN4O4. The highest BCUT2D eigenvalue weighted by atomic mass is 19.1. The summed E-state index contributed by atoms with van der Waals surface area (Å²) >= 11 is 0. The monoisotopic (exact) mass is 544 g/mol. The normalized spacial score (nSPS) is 19.8. The Morgan fingerprint density at radius 1 is 1.05 bits per heavy atom. The lowest BCUT2D eigenvalue weighted by Gasteiger charge is -2.30. The summed E-state index contributed by atoms with van der Waals surface area (Å²) in [5.74, 6) is -0.166. The van der Waals surface area contributed by atoms with Crippen LogP contribution in [0.15, 0.2) is 52.9 Å². The first-order chi connectivity index (χ1) is 19.1. The van der Waals surface area contributed by atoms with Crippen LogP contribution in [-0.4, -0.2) is 28.1 Å². The maximum atomic E-state index is 13.6. The van der Waals surface area contributed by atoms with Crippen LogP contribution in [0.4, 0.5) is 14.9 Å². The van der Waals surface area contributed by atoms with Gasteiger partial charge >= 0.3 is 6.09 Å². The molecule has 2 aliphatic carbocycles. The number of carbonyl (C=O) groups excluding carboxylic acids is 2. The van der Waals surface area contributed by atoms with Crippen LogP contribution >= 0.6 is 0 Å². The number of anilines is 1. The number of hydrogen-bond donors (Lipinski definition) is 2. The summed E-state index contributed by atoms with van der Waals surface area (Å²) in [4.78, 5) is 30.4. The van der Waals surface area contributed by atoms with Gasteiger partial charge in [-0.3, -0.25) is 10.1 Å². The summed E-state index contributed by atoms with van der Waals surface area (Å²) in [6.45, 7) is 5.39. The second-order valence-corrected chi connectivity index (χ2v) is 11.6. The van der Waals surface area contributed by atoms with Crippen molar-refractivity contribution in [2.24, 2.45) is 5.92 Å². The quantitative estimate of drug-likeness (QED) is 0.347. The van der Waals surface area contributed by atoms with Crippen molar-refractivity contribution in [3.8, 4) is 28.8 Å². The van der Waals surface area contributed by atoms with Crippen LogP contribution in [0.3, 0.4) is 0 Å². The van der Waals surface area contributed by atoms with Gasteiger partial charge in [-0.05, 0) is 82.9 Å². The fourth-order valence-electron chi connectivity index (χ4n) is 5.12. The molecule has 9 heteroatoms. The topological polar surface area (TPSA) is 117 Å². The van der Waals surface area contributed by atoms with Crippen molar-refractivity contribution in [1.29, 1.82) is 5.26 Å². The van der Waals surface area contributed by atoms with Gasteiger partial charge in [-0.25, -0.2) is 14.2 Å². The highest BCUT2D eigenvalue weighted by Gasteiger charge is 2.47. The van der Waals surface area contributed by atoms with Crippen molar-refractivity contribution >= 4 is 17.7 Å². The molecule has 2 amide bonds. The molecule has 0 bridgehead atoms. The average Bonchev–Trinajstić information content (AvgIpc) is 3.55. The van der Waals surface area contributed by atoms with Crippen molar-refractivity contribution in [3.05, 3.63) is 60.1 Å². The third-order valence-electron chi connectivity index (χ3n) is 7.31. The fraction of sp³-hybridized carbons (Fsp3) is 0.419. The maximum Gasteiger partial charge on any atom is 0.412 e. The molecule has 208 valence electrons. The zero-order chi connectivity index (χ0) is 28.5. The standard InChI is InChI=1S/C31H33FN4O4/c1-30(2,3)40-29(38)34-22-14-10-19(11-15-22)25-26(39-28(35-25)20-8-12-21(32)13-9-20)23-6-4-5-7-24(23)27(37)36-31(18-33)16-17-31/h8-15,23-24H,4-7,16-17H2,1-3H3,(H,34,38)(H,36,37)/t23-,24-/m1/s1. The molecule has 0 saturated heterocycles. The molecular weight excluding hydrogens is 511 g/mol. The summed E-state index contributed by atoms with van der Waals surface area (Å²) in [6.07, 6.45) is 4.04. The summed E-state index contributed by atoms with van der Waals surface area (Å²) in [6, 6.07) is 15.3. The van der Waals surface area contributed by atoms with Crippen molar-refractivity contribution in [2.75, 3.05) is 5.32 Å². The Morgan fingerprint density at radius 2 is 1.70 bits per heavy atom. The first kappa shape index (κ1) is 27.4. The average molecular weight is 545 g/mol. The minimum Gasteiger partial charge on any atom is -0.444 e. The van der Waals surface area contributed by atoms with Crippen molar-refractivity contribution in [1.82, 2.24) is 10.3 Å². The predicted molar refractivity (Wildman–Crippen MR) is 148 cm³/mol. The summed E-state index contributed by atoms with van der Waals surface area (Å²) < 4.78 is 25.3. The van der Waals surface area contributed by atoms with Gasteiger partial charge in [0.2, 0.25) is 11.8 Å². The number of rotatable bonds is 6. The molecule has 0 spiro atoms. The zero-order valence-corrected chi connectivity index (χ0v) is 22.9. The third-order valence-corrected chi connectivity index (χ3v) is 7.31. The van der Waals surface area contributed by atoms with Gasteiger partial charge in [-0.2, -0.15) is 5.26 Å². The number of hydrogen-bond acceptors (Lipinski definition) is 6. The van der Waals surface area contributed by atoms with Crippen molar-refractivity contribution in [3.63, 3.8) is 0 Å². The van der Waals surface area contributed by atoms with Gasteiger partial charge in [0.25, 0.3) is 0 Å². The van der Waals surface area contributed by atoms with Crippen molar-refractivity contribution < 1.29 is 23.1 Å². The molecule has 2 N–H and O–H groups in total. The maximum absolute atomic E-state index is 13.6. The second-order valence-electron chi connectivity index (χ2n) is 11.6. The van der Waals surface area contributed by atoms with E-state index in [4.69, 9.17) is 14.1 Å². The minimum atomic E-state index is -0.750. The molecule has 2 aliphatic rings. The Morgan fingerprint density at radius 3 is 2.33 bits per heavy atom. The molecule has 1 aromatic heterocycles. The molecule has 0 unspecified atom stereocenters. The number of oxazole rings is 1. The van der Waals surface area contributed by atoms with Crippen LogP contribution in [0, 0.1) is 23.1 Å². The number of aromatic nitrogens is 1. The van der Waals surface area contributed by atoms with Gasteiger partial charge in [0.15, 0.2) is 0 Å². The molecule has 2 aromatic carbocycles. The molecule has 0 aliphatic heterocycles. The van der Waals surface area contributed by atoms with Crippen LogP contribution in [0.5, 0.6) is 0 Å². The van der Waals surface area contributed by atoms with E-state index in [0.29, 0.717) is 47.9 Å². The predicted octanol–water partition coefficient (Wildman–Crippen LogP) is 6.94. The van der Waals surface area contributed by atoms with Gasteiger partial charge in [0, 0.05) is 28.7 Å². The number of nitrogens with one attached hydrogen (secondary N) is 2. The zero-order valence-electron chi connectivity index (χ0n) is 22.9. The van der Waals surface area contributed by atoms with Gasteiger partial charge in [-0.1, -0.05) is 25.0 Å². The number of carbonyl (C=O) groups is 2. The van der Waals surface area contributed by atoms with Gasteiger partial charge in [0.1, 0.15) is 28.4 Å². The molecule has 2 fully saturated rings. The molecule has 2 atom stereocenters. The lowest BCUT2D eigenvalue weighted by Crippen LogP contribution is -2.42. The molecule has 3 aromatic rings. The Labute approximate surface area is 232 Å². The Hall–Kier alpha value is -4.19. The largest absolute Gasteiger partial charge is 0.444 e. The summed E-state index contributed by atoms with van der Waals surface area (Å²) in [5.41, 5.74) is 1.15. The van der Waals surface area contributed by atoms with Crippen LogP contribution < -0.4 is 10.6 Å². The molecule has 1 heterocycles. The molecule has 40 heavy (non-hydrogen) atoms. The van der Waals surface area contributed by atoms with E-state index in [2.05, 4.69) is 16.7 Å². The lowest BCUT2D eigenvalue weighted by molar-refractivity contribution is -0.127. The third kappa shape index (κ3) is 6.17. The van der Waals surface area contributed by atoms with Gasteiger partial charge < -0.3 is 14.5 Å². The fourth-order valence-corrected chi connectivity index (χ4v) is 5.12. The first-order valence-electron chi connectivity index (χ1n) is 13.7. The number of halogens is 1. The number of benzene rings is 2. The second kappa shape index (κ2) is 10.8. The van der Waals surface area contributed by atoms with E-state index in [1.807, 2.05) is 12.1 Å². The summed E-state index contributed by atoms with van der Waals surface area (Å²) in [7, 11) is 0. The highest BCUT2D eigenvalue weighted by molar-refractivity contribution is 5.85. The van der Waals surface area contributed by atoms with E-state index in [9.17, 15) is 19.2 Å². The first-order valence-corrected chi connectivity index (χ1v) is 13.7. The molecule has 5 rings (SSSR count). The van der Waals surface area contributed by atoms with Crippen LogP contribution in [-0.2, 0) is 9.53 Å². The highest BCUT2D eigenvalue weighted by Crippen LogP contribution is 2.45. The van der Waals surface area contributed by atoms with Crippen LogP contribution in [0.25, 0.3) is 22.7 Å². The van der Waals surface area contributed by atoms with Crippen molar-refractivity contribution in [2.45, 2.75) is 76.4 Å². The lowest BCUT2D eigenvalue weighted by atomic mass is 9.76. The van der Waals surface area contributed by atoms with Gasteiger partial charge in [-0.15, -0.1) is 0 Å². The Kier molecular flexibility index (Phi) is 7.37. The summed E-state index contributed by atoms with van der Waals surface area (Å²) in [5, 5.41) is 15.2.